The Morgan fingerprint density at radius 3 is 2.76 bits per heavy atom. The van der Waals surface area contributed by atoms with Gasteiger partial charge in [-0.2, -0.15) is 0 Å². The van der Waals surface area contributed by atoms with Crippen LogP contribution in [-0.2, 0) is 4.79 Å². The zero-order valence-corrected chi connectivity index (χ0v) is 13.9. The molecule has 1 atom stereocenters. The van der Waals surface area contributed by atoms with Crippen molar-refractivity contribution in [1.82, 2.24) is 0 Å². The molecule has 1 aliphatic heterocycles. The number of nitrogens with zero attached hydrogens (tertiary/aromatic N) is 1. The summed E-state index contributed by atoms with van der Waals surface area (Å²) in [6.07, 6.45) is 0.785. The van der Waals surface area contributed by atoms with Crippen LogP contribution in [0.2, 0.25) is 0 Å². The molecule has 0 aromatic heterocycles. The lowest BCUT2D eigenvalue weighted by atomic mass is 10.2. The van der Waals surface area contributed by atoms with Crippen molar-refractivity contribution in [3.8, 4) is 5.75 Å². The molecule has 1 aliphatic rings. The van der Waals surface area contributed by atoms with Crippen LogP contribution in [0.1, 0.15) is 20.3 Å². The molecular formula is C15H20N2O2S2. The van der Waals surface area contributed by atoms with Crippen molar-refractivity contribution in [2.75, 3.05) is 24.2 Å². The maximum absolute atomic E-state index is 12.3. The summed E-state index contributed by atoms with van der Waals surface area (Å²) in [5.74, 6) is 1.87. The van der Waals surface area contributed by atoms with Crippen molar-refractivity contribution in [2.45, 2.75) is 25.5 Å². The zero-order valence-electron chi connectivity index (χ0n) is 12.3. The normalized spacial score (nSPS) is 15.4. The summed E-state index contributed by atoms with van der Waals surface area (Å²) in [6, 6.07) is 7.46. The highest BCUT2D eigenvalue weighted by molar-refractivity contribution is 8.39. The van der Waals surface area contributed by atoms with Crippen molar-refractivity contribution >= 4 is 39.5 Å². The van der Waals surface area contributed by atoms with Crippen LogP contribution in [-0.4, -0.2) is 34.4 Å². The lowest BCUT2D eigenvalue weighted by Crippen LogP contribution is -2.25. The van der Waals surface area contributed by atoms with Gasteiger partial charge in [0.1, 0.15) is 10.1 Å². The van der Waals surface area contributed by atoms with Gasteiger partial charge in [-0.15, -0.1) is 0 Å². The summed E-state index contributed by atoms with van der Waals surface area (Å²) in [5, 5.41) is 2.86. The van der Waals surface area contributed by atoms with Gasteiger partial charge in [0.2, 0.25) is 5.91 Å². The first kappa shape index (κ1) is 16.2. The Kier molecular flexibility index (Phi) is 6.45. The Bertz CT molecular complexity index is 503. The molecule has 0 fully saturated rings. The second-order valence-corrected chi connectivity index (χ2v) is 6.99. The van der Waals surface area contributed by atoms with Crippen LogP contribution in [0, 0.1) is 0 Å². The maximum Gasteiger partial charge on any atom is 0.237 e. The fourth-order valence-electron chi connectivity index (χ4n) is 1.85. The fourth-order valence-corrected chi connectivity index (χ4v) is 4.01. The largest absolute Gasteiger partial charge is 0.494 e. The predicted molar refractivity (Wildman–Crippen MR) is 92.7 cm³/mol. The van der Waals surface area contributed by atoms with Crippen LogP contribution < -0.4 is 10.1 Å². The van der Waals surface area contributed by atoms with Crippen molar-refractivity contribution in [3.63, 3.8) is 0 Å². The van der Waals surface area contributed by atoms with E-state index in [2.05, 4.69) is 10.3 Å². The Hall–Kier alpha value is -1.14. The number of carbonyl (C=O) groups is 1. The van der Waals surface area contributed by atoms with Gasteiger partial charge in [-0.3, -0.25) is 9.79 Å². The SMILES string of the molecule is CCOc1ccc(NC(=O)C(CC)SC2=NCCS2)cc1. The van der Waals surface area contributed by atoms with E-state index >= 15 is 0 Å². The molecule has 4 nitrogen and oxygen atoms in total. The van der Waals surface area contributed by atoms with Gasteiger partial charge >= 0.3 is 0 Å². The quantitative estimate of drug-likeness (QED) is 0.868. The smallest absolute Gasteiger partial charge is 0.237 e. The average molecular weight is 324 g/mol. The molecular weight excluding hydrogens is 304 g/mol. The van der Waals surface area contributed by atoms with Gasteiger partial charge in [0.05, 0.1) is 18.4 Å². The van der Waals surface area contributed by atoms with Gasteiger partial charge in [-0.25, -0.2) is 0 Å². The minimum Gasteiger partial charge on any atom is -0.494 e. The highest BCUT2D eigenvalue weighted by Gasteiger charge is 2.21. The van der Waals surface area contributed by atoms with E-state index in [1.54, 1.807) is 23.5 Å². The Morgan fingerprint density at radius 2 is 2.19 bits per heavy atom. The third kappa shape index (κ3) is 4.97. The van der Waals surface area contributed by atoms with Crippen LogP contribution in [0.25, 0.3) is 0 Å². The molecule has 0 saturated heterocycles. The molecule has 0 aliphatic carbocycles. The van der Waals surface area contributed by atoms with E-state index in [-0.39, 0.29) is 11.2 Å². The molecule has 0 radical (unpaired) electrons. The lowest BCUT2D eigenvalue weighted by molar-refractivity contribution is -0.115. The number of rotatable bonds is 6. The minimum absolute atomic E-state index is 0.0295. The van der Waals surface area contributed by atoms with Crippen molar-refractivity contribution in [2.24, 2.45) is 4.99 Å². The van der Waals surface area contributed by atoms with Crippen molar-refractivity contribution < 1.29 is 9.53 Å². The predicted octanol–water partition coefficient (Wildman–Crippen LogP) is 3.64. The first-order chi connectivity index (χ1) is 10.2. The molecule has 0 bridgehead atoms. The molecule has 1 aromatic rings. The van der Waals surface area contributed by atoms with Crippen LogP contribution >= 0.6 is 23.5 Å². The van der Waals surface area contributed by atoms with Gasteiger partial charge < -0.3 is 10.1 Å². The Balaban J connectivity index is 1.91. The average Bonchev–Trinajstić information content (AvgIpc) is 3.00. The molecule has 114 valence electrons. The fraction of sp³-hybridized carbons (Fsp3) is 0.467. The van der Waals surface area contributed by atoms with Crippen LogP contribution in [0.5, 0.6) is 5.75 Å². The van der Waals surface area contributed by atoms with Gasteiger partial charge in [-0.1, -0.05) is 30.4 Å². The van der Waals surface area contributed by atoms with Crippen molar-refractivity contribution in [1.29, 1.82) is 0 Å². The van der Waals surface area contributed by atoms with Crippen molar-refractivity contribution in [3.05, 3.63) is 24.3 Å². The second kappa shape index (κ2) is 8.34. The van der Waals surface area contributed by atoms with E-state index in [4.69, 9.17) is 4.74 Å². The van der Waals surface area contributed by atoms with Gasteiger partial charge in [-0.05, 0) is 37.6 Å². The molecule has 2 rings (SSSR count). The third-order valence-electron chi connectivity index (χ3n) is 2.90. The number of aliphatic imine (C=N–C) groups is 1. The monoisotopic (exact) mass is 324 g/mol. The van der Waals surface area contributed by atoms with Crippen LogP contribution in [0.15, 0.2) is 29.3 Å². The van der Waals surface area contributed by atoms with E-state index in [1.165, 1.54) is 0 Å². The standard InChI is InChI=1S/C15H20N2O2S2/c1-3-13(21-15-16-9-10-20-15)14(18)17-11-5-7-12(8-6-11)19-4-2/h5-8,13H,3-4,9-10H2,1-2H3,(H,17,18). The number of anilines is 1. The van der Waals surface area contributed by atoms with Crippen LogP contribution in [0.4, 0.5) is 5.69 Å². The van der Waals surface area contributed by atoms with Gasteiger partial charge in [0.15, 0.2) is 0 Å². The number of nitrogens with one attached hydrogen (secondary N) is 1. The van der Waals surface area contributed by atoms with Gasteiger partial charge in [0.25, 0.3) is 0 Å². The Morgan fingerprint density at radius 1 is 1.43 bits per heavy atom. The minimum atomic E-state index is -0.0964. The number of benzene rings is 1. The molecule has 0 spiro atoms. The topological polar surface area (TPSA) is 50.7 Å². The number of ether oxygens (including phenoxy) is 1. The summed E-state index contributed by atoms with van der Waals surface area (Å²) in [5.41, 5.74) is 0.795. The molecule has 1 aromatic carbocycles. The number of thioether (sulfide) groups is 2. The summed E-state index contributed by atoms with van der Waals surface area (Å²) in [4.78, 5) is 16.7. The molecule has 21 heavy (non-hydrogen) atoms. The summed E-state index contributed by atoms with van der Waals surface area (Å²) in [6.45, 7) is 5.47. The van der Waals surface area contributed by atoms with E-state index in [0.29, 0.717) is 6.61 Å². The highest BCUT2D eigenvalue weighted by Crippen LogP contribution is 2.28. The molecule has 1 unspecified atom stereocenters. The molecule has 0 saturated carbocycles. The number of hydrogen-bond donors (Lipinski definition) is 1. The maximum atomic E-state index is 12.3. The third-order valence-corrected chi connectivity index (χ3v) is 5.46. The lowest BCUT2D eigenvalue weighted by Gasteiger charge is -2.14. The first-order valence-electron chi connectivity index (χ1n) is 7.10. The molecule has 1 N–H and O–H groups in total. The number of carbonyl (C=O) groups excluding carboxylic acids is 1. The van der Waals surface area contributed by atoms with Gasteiger partial charge in [0, 0.05) is 11.4 Å². The Labute approximate surface area is 134 Å². The summed E-state index contributed by atoms with van der Waals surface area (Å²) < 4.78 is 6.42. The van der Waals surface area contributed by atoms with E-state index in [0.717, 1.165) is 34.5 Å². The zero-order chi connectivity index (χ0) is 15.1. The van der Waals surface area contributed by atoms with Crippen LogP contribution in [0.3, 0.4) is 0 Å². The molecule has 1 heterocycles. The van der Waals surface area contributed by atoms with E-state index < -0.39 is 0 Å². The summed E-state index contributed by atoms with van der Waals surface area (Å²) in [7, 11) is 0. The second-order valence-electron chi connectivity index (χ2n) is 4.46. The van der Waals surface area contributed by atoms with E-state index in [9.17, 15) is 4.79 Å². The number of amides is 1. The summed E-state index contributed by atoms with van der Waals surface area (Å²) >= 11 is 3.30. The highest BCUT2D eigenvalue weighted by atomic mass is 32.2. The molecule has 1 amide bonds. The van der Waals surface area contributed by atoms with E-state index in [1.807, 2.05) is 38.1 Å². The molecule has 6 heteroatoms. The number of hydrogen-bond acceptors (Lipinski definition) is 5. The first-order valence-corrected chi connectivity index (χ1v) is 8.97.